The van der Waals surface area contributed by atoms with Crippen LogP contribution in [0.4, 0.5) is 0 Å². The molecule has 1 amide bonds. The van der Waals surface area contributed by atoms with Gasteiger partial charge in [0.15, 0.2) is 0 Å². The number of rotatable bonds is 1. The van der Waals surface area contributed by atoms with E-state index in [-0.39, 0.29) is 17.4 Å². The monoisotopic (exact) mass is 263 g/mol. The molecule has 2 rings (SSSR count). The van der Waals surface area contributed by atoms with Crippen molar-refractivity contribution >= 4 is 5.91 Å². The van der Waals surface area contributed by atoms with E-state index in [1.165, 1.54) is 11.4 Å². The maximum Gasteiger partial charge on any atom is 0.240 e. The van der Waals surface area contributed by atoms with Crippen LogP contribution in [-0.2, 0) is 11.3 Å². The molecule has 1 aliphatic rings. The zero-order valence-corrected chi connectivity index (χ0v) is 12.6. The molecule has 0 bridgehead atoms. The second-order valence-corrected chi connectivity index (χ2v) is 6.60. The topological polar surface area (TPSA) is 51.3 Å². The Labute approximate surface area is 115 Å². The number of fused-ring (bicyclic) bond motifs is 1. The number of carbonyl (C=O) groups is 1. The lowest BCUT2D eigenvalue weighted by molar-refractivity contribution is -0.138. The molecule has 2 N–H and O–H groups in total. The highest BCUT2D eigenvalue weighted by Crippen LogP contribution is 2.29. The summed E-state index contributed by atoms with van der Waals surface area (Å²) in [5.41, 5.74) is 8.38. The Morgan fingerprint density at radius 3 is 2.58 bits per heavy atom. The van der Waals surface area contributed by atoms with Crippen molar-refractivity contribution in [2.45, 2.75) is 53.2 Å². The molecule has 1 aliphatic heterocycles. The molecular formula is C15H25N3O. The summed E-state index contributed by atoms with van der Waals surface area (Å²) < 4.78 is 2.29. The van der Waals surface area contributed by atoms with E-state index in [1.54, 1.807) is 0 Å². The van der Waals surface area contributed by atoms with Gasteiger partial charge in [0, 0.05) is 24.5 Å². The summed E-state index contributed by atoms with van der Waals surface area (Å²) in [4.78, 5) is 14.5. The summed E-state index contributed by atoms with van der Waals surface area (Å²) in [6.07, 6.45) is 0. The van der Waals surface area contributed by atoms with Gasteiger partial charge in [-0.2, -0.15) is 0 Å². The van der Waals surface area contributed by atoms with Gasteiger partial charge >= 0.3 is 0 Å². The maximum atomic E-state index is 12.6. The van der Waals surface area contributed by atoms with Crippen LogP contribution in [-0.4, -0.2) is 28.0 Å². The number of aromatic nitrogens is 1. The number of hydrogen-bond acceptors (Lipinski definition) is 2. The minimum absolute atomic E-state index is 0.0603. The molecule has 1 aromatic rings. The smallest absolute Gasteiger partial charge is 0.240 e. The third-order valence-electron chi connectivity index (χ3n) is 4.17. The number of hydrogen-bond donors (Lipinski definition) is 1. The van der Waals surface area contributed by atoms with Gasteiger partial charge in [0.2, 0.25) is 5.91 Å². The van der Waals surface area contributed by atoms with Crippen LogP contribution in [0.2, 0.25) is 0 Å². The number of nitrogens with two attached hydrogens (primary N) is 1. The molecule has 1 aromatic heterocycles. The zero-order valence-electron chi connectivity index (χ0n) is 12.6. The quantitative estimate of drug-likeness (QED) is 0.843. The van der Waals surface area contributed by atoms with Gasteiger partial charge in [-0.05, 0) is 31.4 Å². The lowest BCUT2D eigenvalue weighted by Crippen LogP contribution is -2.53. The molecule has 19 heavy (non-hydrogen) atoms. The molecule has 1 unspecified atom stereocenters. The Kier molecular flexibility index (Phi) is 3.47. The predicted octanol–water partition coefficient (Wildman–Crippen LogP) is 2.07. The van der Waals surface area contributed by atoms with E-state index in [0.29, 0.717) is 0 Å². The third-order valence-corrected chi connectivity index (χ3v) is 4.17. The summed E-state index contributed by atoms with van der Waals surface area (Å²) in [6, 6.07) is 3.88. The van der Waals surface area contributed by atoms with Crippen LogP contribution in [0.3, 0.4) is 0 Å². The Balaban J connectivity index is 2.23. The van der Waals surface area contributed by atoms with Crippen molar-refractivity contribution in [3.05, 3.63) is 23.5 Å². The van der Waals surface area contributed by atoms with Crippen LogP contribution in [0.5, 0.6) is 0 Å². The van der Waals surface area contributed by atoms with Crippen LogP contribution in [0.25, 0.3) is 0 Å². The second kappa shape index (κ2) is 4.67. The number of carbonyl (C=O) groups excluding carboxylic acids is 1. The molecule has 106 valence electrons. The first-order valence-electron chi connectivity index (χ1n) is 6.95. The Morgan fingerprint density at radius 2 is 2.00 bits per heavy atom. The first-order chi connectivity index (χ1) is 8.73. The molecule has 2 atom stereocenters. The van der Waals surface area contributed by atoms with Crippen LogP contribution in [0.15, 0.2) is 12.1 Å². The van der Waals surface area contributed by atoms with Gasteiger partial charge in [0.05, 0.1) is 12.1 Å². The van der Waals surface area contributed by atoms with Gasteiger partial charge in [0.1, 0.15) is 0 Å². The van der Waals surface area contributed by atoms with E-state index in [1.807, 2.05) is 25.7 Å². The van der Waals surface area contributed by atoms with Crippen LogP contribution in [0.1, 0.15) is 45.1 Å². The molecule has 0 radical (unpaired) electrons. The summed E-state index contributed by atoms with van der Waals surface area (Å²) in [6.45, 7) is 11.8. The number of nitrogens with zero attached hydrogens (tertiary/aromatic N) is 2. The minimum Gasteiger partial charge on any atom is -0.345 e. The molecule has 0 saturated carbocycles. The first-order valence-corrected chi connectivity index (χ1v) is 6.95. The minimum atomic E-state index is -0.447. The summed E-state index contributed by atoms with van der Waals surface area (Å²) in [5.74, 6) is 0.0603. The van der Waals surface area contributed by atoms with Crippen molar-refractivity contribution in [3.63, 3.8) is 0 Å². The highest BCUT2D eigenvalue weighted by Gasteiger charge is 2.35. The Hall–Kier alpha value is -1.29. The normalized spacial score (nSPS) is 21.2. The molecule has 0 aromatic carbocycles. The van der Waals surface area contributed by atoms with Crippen LogP contribution < -0.4 is 5.73 Å². The standard InChI is InChI=1S/C15H25N3O/c1-10-6-7-12-11(2)18(9-8-17(10)12)14(19)13(16)15(3,4)5/h6-7,11,13H,8-9,16H2,1-5H3/t11?,13-/m1/s1. The number of amides is 1. The van der Waals surface area contributed by atoms with E-state index in [0.717, 1.165) is 13.1 Å². The van der Waals surface area contributed by atoms with E-state index < -0.39 is 6.04 Å². The van der Waals surface area contributed by atoms with Crippen molar-refractivity contribution in [2.75, 3.05) is 6.54 Å². The van der Waals surface area contributed by atoms with Crippen molar-refractivity contribution in [1.29, 1.82) is 0 Å². The van der Waals surface area contributed by atoms with E-state index in [4.69, 9.17) is 5.73 Å². The highest BCUT2D eigenvalue weighted by atomic mass is 16.2. The number of aryl methyl sites for hydroxylation is 1. The molecule has 0 saturated heterocycles. The fraction of sp³-hybridized carbons (Fsp3) is 0.667. The SMILES string of the molecule is Cc1ccc2n1CCN(C(=O)[C@@H](N)C(C)(C)C)C2C. The van der Waals surface area contributed by atoms with Crippen LogP contribution >= 0.6 is 0 Å². The molecule has 0 spiro atoms. The van der Waals surface area contributed by atoms with E-state index >= 15 is 0 Å². The zero-order chi connectivity index (χ0) is 14.4. The molecule has 2 heterocycles. The van der Waals surface area contributed by atoms with E-state index in [9.17, 15) is 4.79 Å². The maximum absolute atomic E-state index is 12.6. The molecule has 0 fully saturated rings. The molecule has 4 heteroatoms. The molecule has 4 nitrogen and oxygen atoms in total. The van der Waals surface area contributed by atoms with Gasteiger partial charge in [0.25, 0.3) is 0 Å². The van der Waals surface area contributed by atoms with Gasteiger partial charge in [-0.1, -0.05) is 20.8 Å². The van der Waals surface area contributed by atoms with Crippen molar-refractivity contribution in [2.24, 2.45) is 11.1 Å². The van der Waals surface area contributed by atoms with Crippen molar-refractivity contribution in [3.8, 4) is 0 Å². The van der Waals surface area contributed by atoms with Gasteiger partial charge in [-0.3, -0.25) is 4.79 Å². The van der Waals surface area contributed by atoms with Gasteiger partial charge in [-0.25, -0.2) is 0 Å². The third kappa shape index (κ3) is 2.41. The Bertz CT molecular complexity index is 484. The summed E-state index contributed by atoms with van der Waals surface area (Å²) >= 11 is 0. The largest absolute Gasteiger partial charge is 0.345 e. The van der Waals surface area contributed by atoms with Crippen molar-refractivity contribution in [1.82, 2.24) is 9.47 Å². The summed E-state index contributed by atoms with van der Waals surface area (Å²) in [7, 11) is 0. The fourth-order valence-corrected chi connectivity index (χ4v) is 2.67. The Morgan fingerprint density at radius 1 is 1.37 bits per heavy atom. The van der Waals surface area contributed by atoms with Gasteiger partial charge in [-0.15, -0.1) is 0 Å². The highest BCUT2D eigenvalue weighted by molar-refractivity contribution is 5.83. The summed E-state index contributed by atoms with van der Waals surface area (Å²) in [5, 5.41) is 0. The lowest BCUT2D eigenvalue weighted by Gasteiger charge is -2.39. The predicted molar refractivity (Wildman–Crippen MR) is 76.7 cm³/mol. The van der Waals surface area contributed by atoms with Crippen LogP contribution in [0, 0.1) is 12.3 Å². The molecular weight excluding hydrogens is 238 g/mol. The van der Waals surface area contributed by atoms with Gasteiger partial charge < -0.3 is 15.2 Å². The second-order valence-electron chi connectivity index (χ2n) is 6.60. The van der Waals surface area contributed by atoms with Crippen molar-refractivity contribution < 1.29 is 4.79 Å². The molecule has 0 aliphatic carbocycles. The lowest BCUT2D eigenvalue weighted by atomic mass is 9.86. The first kappa shape index (κ1) is 14.1. The average Bonchev–Trinajstić information content (AvgIpc) is 2.70. The van der Waals surface area contributed by atoms with E-state index in [2.05, 4.69) is 30.5 Å². The average molecular weight is 263 g/mol. The fourth-order valence-electron chi connectivity index (χ4n) is 2.67.